The summed E-state index contributed by atoms with van der Waals surface area (Å²) in [5, 5.41) is 15.2. The van der Waals surface area contributed by atoms with E-state index < -0.39 is 6.04 Å². The predicted molar refractivity (Wildman–Crippen MR) is 109 cm³/mol. The molecule has 5 nitrogen and oxygen atoms in total. The van der Waals surface area contributed by atoms with Gasteiger partial charge in [0.25, 0.3) is 5.91 Å². The van der Waals surface area contributed by atoms with Crippen molar-refractivity contribution in [2.45, 2.75) is 19.4 Å². The van der Waals surface area contributed by atoms with Gasteiger partial charge < -0.3 is 15.7 Å². The number of amides is 2. The van der Waals surface area contributed by atoms with Crippen LogP contribution in [0.2, 0.25) is 0 Å². The lowest BCUT2D eigenvalue weighted by Crippen LogP contribution is -2.45. The molecule has 2 amide bonds. The van der Waals surface area contributed by atoms with Gasteiger partial charge in [0.1, 0.15) is 11.8 Å². The number of rotatable bonds is 6. The van der Waals surface area contributed by atoms with Crippen LogP contribution < -0.4 is 10.6 Å². The molecule has 1 atom stereocenters. The fraction of sp³-hybridized carbons (Fsp3) is 0.130. The molecule has 1 unspecified atom stereocenters. The fourth-order valence-electron chi connectivity index (χ4n) is 2.82. The normalized spacial score (nSPS) is 11.5. The largest absolute Gasteiger partial charge is 0.508 e. The first-order chi connectivity index (χ1) is 13.5. The van der Waals surface area contributed by atoms with Crippen LogP contribution in [0.25, 0.3) is 0 Å². The van der Waals surface area contributed by atoms with Gasteiger partial charge in [-0.2, -0.15) is 0 Å². The van der Waals surface area contributed by atoms with E-state index in [1.165, 1.54) is 12.1 Å². The highest BCUT2D eigenvalue weighted by atomic mass is 16.3. The molecule has 0 saturated carbocycles. The lowest BCUT2D eigenvalue weighted by molar-refractivity contribution is -0.118. The van der Waals surface area contributed by atoms with Crippen LogP contribution in [-0.4, -0.2) is 23.0 Å². The maximum absolute atomic E-state index is 12.8. The minimum Gasteiger partial charge on any atom is -0.508 e. The summed E-state index contributed by atoms with van der Waals surface area (Å²) in [5.74, 6) is -0.608. The third-order valence-electron chi connectivity index (χ3n) is 4.33. The van der Waals surface area contributed by atoms with E-state index in [9.17, 15) is 14.7 Å². The van der Waals surface area contributed by atoms with E-state index in [0.717, 1.165) is 11.1 Å². The number of hydrogen-bond donors (Lipinski definition) is 3. The third-order valence-corrected chi connectivity index (χ3v) is 4.33. The van der Waals surface area contributed by atoms with Gasteiger partial charge in [0.15, 0.2) is 0 Å². The van der Waals surface area contributed by atoms with Crippen LogP contribution in [0.1, 0.15) is 21.5 Å². The van der Waals surface area contributed by atoms with Crippen LogP contribution >= 0.6 is 0 Å². The van der Waals surface area contributed by atoms with Crippen molar-refractivity contribution in [3.63, 3.8) is 0 Å². The Morgan fingerprint density at radius 3 is 2.32 bits per heavy atom. The molecule has 0 spiro atoms. The molecule has 0 radical (unpaired) electrons. The number of phenolic OH excluding ortho intramolecular Hbond substituents is 1. The van der Waals surface area contributed by atoms with Crippen LogP contribution in [0, 0.1) is 6.92 Å². The molecule has 3 N–H and O–H groups in total. The zero-order valence-electron chi connectivity index (χ0n) is 15.6. The molecular formula is C23H22N2O3. The molecule has 0 aliphatic carbocycles. The van der Waals surface area contributed by atoms with Crippen molar-refractivity contribution in [2.24, 2.45) is 0 Å². The van der Waals surface area contributed by atoms with Crippen LogP contribution in [0.15, 0.2) is 78.9 Å². The molecule has 28 heavy (non-hydrogen) atoms. The van der Waals surface area contributed by atoms with E-state index in [1.54, 1.807) is 24.3 Å². The standard InChI is InChI=1S/C23H22N2O3/c1-16-10-12-18(13-11-16)22(27)25-21(14-17-6-3-2-4-7-17)23(28)24-19-8-5-9-20(26)15-19/h2-13,15,21,26H,14H2,1H3,(H,24,28)(H,25,27). The average molecular weight is 374 g/mol. The molecule has 0 fully saturated rings. The molecule has 3 rings (SSSR count). The second kappa shape index (κ2) is 8.86. The van der Waals surface area contributed by atoms with Gasteiger partial charge in [-0.3, -0.25) is 9.59 Å². The van der Waals surface area contributed by atoms with Crippen molar-refractivity contribution in [1.29, 1.82) is 0 Å². The van der Waals surface area contributed by atoms with Gasteiger partial charge in [-0.15, -0.1) is 0 Å². The van der Waals surface area contributed by atoms with Gasteiger partial charge in [0, 0.05) is 23.7 Å². The lowest BCUT2D eigenvalue weighted by Gasteiger charge is -2.19. The first-order valence-corrected chi connectivity index (χ1v) is 9.02. The summed E-state index contributed by atoms with van der Waals surface area (Å²) in [6.45, 7) is 1.95. The lowest BCUT2D eigenvalue weighted by atomic mass is 10.0. The summed E-state index contributed by atoms with van der Waals surface area (Å²) < 4.78 is 0. The van der Waals surface area contributed by atoms with Crippen molar-refractivity contribution in [3.05, 3.63) is 95.6 Å². The van der Waals surface area contributed by atoms with E-state index >= 15 is 0 Å². The first-order valence-electron chi connectivity index (χ1n) is 9.02. The highest BCUT2D eigenvalue weighted by molar-refractivity contribution is 6.01. The summed E-state index contributed by atoms with van der Waals surface area (Å²) in [6, 6.07) is 22.2. The van der Waals surface area contributed by atoms with Crippen LogP contribution in [0.5, 0.6) is 5.75 Å². The van der Waals surface area contributed by atoms with Gasteiger partial charge in [0.2, 0.25) is 5.91 Å². The van der Waals surface area contributed by atoms with Gasteiger partial charge in [-0.25, -0.2) is 0 Å². The van der Waals surface area contributed by atoms with Crippen molar-refractivity contribution in [1.82, 2.24) is 5.32 Å². The summed E-state index contributed by atoms with van der Waals surface area (Å²) in [4.78, 5) is 25.5. The maximum Gasteiger partial charge on any atom is 0.251 e. The Kier molecular flexibility index (Phi) is 6.07. The number of aryl methyl sites for hydroxylation is 1. The minimum atomic E-state index is -0.765. The Morgan fingerprint density at radius 1 is 0.929 bits per heavy atom. The second-order valence-corrected chi connectivity index (χ2v) is 6.62. The summed E-state index contributed by atoms with van der Waals surface area (Å²) in [6.07, 6.45) is 0.350. The molecule has 142 valence electrons. The van der Waals surface area contributed by atoms with Crippen molar-refractivity contribution in [3.8, 4) is 5.75 Å². The number of phenols is 1. The zero-order chi connectivity index (χ0) is 19.9. The highest BCUT2D eigenvalue weighted by Gasteiger charge is 2.22. The SMILES string of the molecule is Cc1ccc(C(=O)NC(Cc2ccccc2)C(=O)Nc2cccc(O)c2)cc1. The van der Waals surface area contributed by atoms with Crippen LogP contribution in [-0.2, 0) is 11.2 Å². The van der Waals surface area contributed by atoms with Crippen molar-refractivity contribution < 1.29 is 14.7 Å². The average Bonchev–Trinajstić information content (AvgIpc) is 2.68. The smallest absolute Gasteiger partial charge is 0.251 e. The molecule has 5 heteroatoms. The summed E-state index contributed by atoms with van der Waals surface area (Å²) in [5.41, 5.74) is 2.95. The zero-order valence-corrected chi connectivity index (χ0v) is 15.6. The van der Waals surface area contributed by atoms with E-state index in [2.05, 4.69) is 10.6 Å². The van der Waals surface area contributed by atoms with E-state index in [-0.39, 0.29) is 17.6 Å². The summed E-state index contributed by atoms with van der Waals surface area (Å²) in [7, 11) is 0. The number of hydrogen-bond acceptors (Lipinski definition) is 3. The molecule has 3 aromatic rings. The highest BCUT2D eigenvalue weighted by Crippen LogP contribution is 2.16. The Hall–Kier alpha value is -3.60. The third kappa shape index (κ3) is 5.20. The molecule has 0 bridgehead atoms. The van der Waals surface area contributed by atoms with Crippen molar-refractivity contribution >= 4 is 17.5 Å². The molecule has 0 aromatic heterocycles. The molecule has 0 aliphatic heterocycles. The monoisotopic (exact) mass is 374 g/mol. The molecule has 0 aliphatic rings. The van der Waals surface area contributed by atoms with E-state index in [0.29, 0.717) is 17.7 Å². The van der Waals surface area contributed by atoms with Crippen LogP contribution in [0.4, 0.5) is 5.69 Å². The quantitative estimate of drug-likeness (QED) is 0.616. The Bertz CT molecular complexity index is 953. The number of carbonyl (C=O) groups is 2. The molecule has 0 heterocycles. The number of aromatic hydroxyl groups is 1. The molecule has 3 aromatic carbocycles. The number of nitrogens with one attached hydrogen (secondary N) is 2. The molecular weight excluding hydrogens is 352 g/mol. The topological polar surface area (TPSA) is 78.4 Å². The Balaban J connectivity index is 1.78. The molecule has 0 saturated heterocycles. The Morgan fingerprint density at radius 2 is 1.64 bits per heavy atom. The van der Waals surface area contributed by atoms with Gasteiger partial charge in [-0.1, -0.05) is 54.1 Å². The van der Waals surface area contributed by atoms with Gasteiger partial charge >= 0.3 is 0 Å². The second-order valence-electron chi connectivity index (χ2n) is 6.62. The van der Waals surface area contributed by atoms with E-state index in [1.807, 2.05) is 49.4 Å². The fourth-order valence-corrected chi connectivity index (χ4v) is 2.82. The number of benzene rings is 3. The van der Waals surface area contributed by atoms with Crippen molar-refractivity contribution in [2.75, 3.05) is 5.32 Å². The predicted octanol–water partition coefficient (Wildman–Crippen LogP) is 3.68. The maximum atomic E-state index is 12.8. The van der Waals surface area contributed by atoms with Gasteiger partial charge in [-0.05, 0) is 36.8 Å². The Labute approximate surface area is 164 Å². The van der Waals surface area contributed by atoms with Gasteiger partial charge in [0.05, 0.1) is 0 Å². The van der Waals surface area contributed by atoms with Crippen LogP contribution in [0.3, 0.4) is 0 Å². The number of carbonyl (C=O) groups excluding carboxylic acids is 2. The number of anilines is 1. The first kappa shape index (κ1) is 19.2. The minimum absolute atomic E-state index is 0.0566. The summed E-state index contributed by atoms with van der Waals surface area (Å²) >= 11 is 0. The van der Waals surface area contributed by atoms with E-state index in [4.69, 9.17) is 0 Å².